The molecular weight excluding hydrogens is 318 g/mol. The molecule has 2 heterocycles. The van der Waals surface area contributed by atoms with E-state index in [4.69, 9.17) is 0 Å². The van der Waals surface area contributed by atoms with Crippen LogP contribution >= 0.6 is 0 Å². The molecule has 1 saturated heterocycles. The Balaban J connectivity index is 1.63. The highest BCUT2D eigenvalue weighted by molar-refractivity contribution is 6.04. The molecule has 2 aromatic rings. The zero-order valence-corrected chi connectivity index (χ0v) is 14.4. The SMILES string of the molecule is CC(=O)N1CCN(c2ncc(C(=O)Nc3ccccc3C)cn2)CC1. The summed E-state index contributed by atoms with van der Waals surface area (Å²) in [5.41, 5.74) is 2.18. The number of rotatable bonds is 3. The molecule has 0 radical (unpaired) electrons. The van der Waals surface area contributed by atoms with Crippen molar-refractivity contribution in [2.45, 2.75) is 13.8 Å². The van der Waals surface area contributed by atoms with Crippen LogP contribution in [0.4, 0.5) is 11.6 Å². The van der Waals surface area contributed by atoms with E-state index in [1.165, 1.54) is 12.4 Å². The third-order valence-electron chi connectivity index (χ3n) is 4.30. The first kappa shape index (κ1) is 16.9. The minimum absolute atomic E-state index is 0.0868. The minimum Gasteiger partial charge on any atom is -0.339 e. The second-order valence-corrected chi connectivity index (χ2v) is 6.03. The van der Waals surface area contributed by atoms with E-state index in [1.807, 2.05) is 36.1 Å². The molecule has 7 heteroatoms. The molecule has 1 fully saturated rings. The molecule has 1 aliphatic heterocycles. The van der Waals surface area contributed by atoms with E-state index >= 15 is 0 Å². The Kier molecular flexibility index (Phi) is 4.92. The number of hydrogen-bond acceptors (Lipinski definition) is 5. The van der Waals surface area contributed by atoms with Crippen LogP contribution in [0.25, 0.3) is 0 Å². The standard InChI is InChI=1S/C18H21N5O2/c1-13-5-3-4-6-16(13)21-17(25)15-11-19-18(20-12-15)23-9-7-22(8-10-23)14(2)24/h3-6,11-12H,7-10H2,1-2H3,(H,21,25). The first-order valence-electron chi connectivity index (χ1n) is 8.24. The lowest BCUT2D eigenvalue weighted by Crippen LogP contribution is -2.48. The molecule has 3 rings (SSSR count). The predicted octanol–water partition coefficient (Wildman–Crippen LogP) is 1.71. The Hall–Kier alpha value is -2.96. The second kappa shape index (κ2) is 7.29. The number of carbonyl (C=O) groups excluding carboxylic acids is 2. The maximum atomic E-state index is 12.3. The lowest BCUT2D eigenvalue weighted by atomic mass is 10.2. The van der Waals surface area contributed by atoms with Gasteiger partial charge >= 0.3 is 0 Å². The zero-order chi connectivity index (χ0) is 17.8. The van der Waals surface area contributed by atoms with E-state index in [9.17, 15) is 9.59 Å². The number of piperazine rings is 1. The van der Waals surface area contributed by atoms with Crippen LogP contribution in [0, 0.1) is 6.92 Å². The van der Waals surface area contributed by atoms with Crippen molar-refractivity contribution in [2.24, 2.45) is 0 Å². The van der Waals surface area contributed by atoms with E-state index in [2.05, 4.69) is 15.3 Å². The van der Waals surface area contributed by atoms with Gasteiger partial charge in [-0.1, -0.05) is 18.2 Å². The molecule has 0 atom stereocenters. The zero-order valence-electron chi connectivity index (χ0n) is 14.4. The third-order valence-corrected chi connectivity index (χ3v) is 4.30. The highest BCUT2D eigenvalue weighted by atomic mass is 16.2. The van der Waals surface area contributed by atoms with Crippen LogP contribution in [0.1, 0.15) is 22.8 Å². The number of hydrogen-bond donors (Lipinski definition) is 1. The number of aromatic nitrogens is 2. The molecule has 2 amide bonds. The van der Waals surface area contributed by atoms with E-state index in [0.717, 1.165) is 11.3 Å². The van der Waals surface area contributed by atoms with E-state index < -0.39 is 0 Å². The van der Waals surface area contributed by atoms with Gasteiger partial charge in [0, 0.05) is 51.2 Å². The molecule has 0 saturated carbocycles. The highest BCUT2D eigenvalue weighted by Crippen LogP contribution is 2.15. The van der Waals surface area contributed by atoms with Crippen molar-refractivity contribution >= 4 is 23.5 Å². The first-order valence-corrected chi connectivity index (χ1v) is 8.24. The van der Waals surface area contributed by atoms with Gasteiger partial charge in [0.2, 0.25) is 11.9 Å². The Bertz CT molecular complexity index is 767. The summed E-state index contributed by atoms with van der Waals surface area (Å²) in [6.45, 7) is 6.22. The van der Waals surface area contributed by atoms with Crippen LogP contribution in [-0.2, 0) is 4.79 Å². The summed E-state index contributed by atoms with van der Waals surface area (Å²) < 4.78 is 0. The minimum atomic E-state index is -0.234. The van der Waals surface area contributed by atoms with Crippen molar-refractivity contribution in [2.75, 3.05) is 36.4 Å². The van der Waals surface area contributed by atoms with E-state index in [-0.39, 0.29) is 11.8 Å². The fraction of sp³-hybridized carbons (Fsp3) is 0.333. The number of anilines is 2. The van der Waals surface area contributed by atoms with Crippen molar-refractivity contribution in [3.05, 3.63) is 47.8 Å². The summed E-state index contributed by atoms with van der Waals surface area (Å²) in [4.78, 5) is 36.1. The Morgan fingerprint density at radius 2 is 1.68 bits per heavy atom. The summed E-state index contributed by atoms with van der Waals surface area (Å²) in [6.07, 6.45) is 3.07. The third kappa shape index (κ3) is 3.93. The number of benzene rings is 1. The normalized spacial score (nSPS) is 14.3. The molecule has 1 aromatic carbocycles. The average Bonchev–Trinajstić information content (AvgIpc) is 2.64. The van der Waals surface area contributed by atoms with Crippen molar-refractivity contribution in [1.29, 1.82) is 0 Å². The topological polar surface area (TPSA) is 78.4 Å². The Morgan fingerprint density at radius 3 is 2.28 bits per heavy atom. The van der Waals surface area contributed by atoms with Gasteiger partial charge in [-0.15, -0.1) is 0 Å². The lowest BCUT2D eigenvalue weighted by Gasteiger charge is -2.34. The van der Waals surface area contributed by atoms with Gasteiger partial charge in [0.25, 0.3) is 5.91 Å². The molecule has 130 valence electrons. The summed E-state index contributed by atoms with van der Waals surface area (Å²) in [5, 5.41) is 2.87. The maximum Gasteiger partial charge on any atom is 0.258 e. The van der Waals surface area contributed by atoms with Gasteiger partial charge in [-0.2, -0.15) is 0 Å². The monoisotopic (exact) mass is 339 g/mol. The number of nitrogens with one attached hydrogen (secondary N) is 1. The van der Waals surface area contributed by atoms with Gasteiger partial charge in [-0.05, 0) is 18.6 Å². The van der Waals surface area contributed by atoms with Crippen molar-refractivity contribution in [3.8, 4) is 0 Å². The van der Waals surface area contributed by atoms with Gasteiger partial charge in [-0.3, -0.25) is 9.59 Å². The summed E-state index contributed by atoms with van der Waals surface area (Å²) >= 11 is 0. The molecule has 0 bridgehead atoms. The van der Waals surface area contributed by atoms with Gasteiger partial charge in [0.1, 0.15) is 0 Å². The fourth-order valence-electron chi connectivity index (χ4n) is 2.73. The molecule has 1 aliphatic rings. The van der Waals surface area contributed by atoms with Crippen LogP contribution in [0.5, 0.6) is 0 Å². The maximum absolute atomic E-state index is 12.3. The van der Waals surface area contributed by atoms with Crippen molar-refractivity contribution in [3.63, 3.8) is 0 Å². The summed E-state index contributed by atoms with van der Waals surface area (Å²) in [5.74, 6) is 0.432. The second-order valence-electron chi connectivity index (χ2n) is 6.03. The predicted molar refractivity (Wildman–Crippen MR) is 95.6 cm³/mol. The van der Waals surface area contributed by atoms with Crippen LogP contribution in [0.2, 0.25) is 0 Å². The van der Waals surface area contributed by atoms with Gasteiger partial charge in [0.05, 0.1) is 5.56 Å². The number of carbonyl (C=O) groups is 2. The van der Waals surface area contributed by atoms with Gasteiger partial charge < -0.3 is 15.1 Å². The fourth-order valence-corrected chi connectivity index (χ4v) is 2.73. The molecule has 7 nitrogen and oxygen atoms in total. The molecule has 1 aromatic heterocycles. The smallest absolute Gasteiger partial charge is 0.258 e. The molecule has 0 spiro atoms. The molecular formula is C18H21N5O2. The lowest BCUT2D eigenvalue weighted by molar-refractivity contribution is -0.129. The number of aryl methyl sites for hydroxylation is 1. The van der Waals surface area contributed by atoms with Gasteiger partial charge in [-0.25, -0.2) is 9.97 Å². The van der Waals surface area contributed by atoms with Crippen molar-refractivity contribution < 1.29 is 9.59 Å². The Morgan fingerprint density at radius 1 is 1.04 bits per heavy atom. The van der Waals surface area contributed by atoms with E-state index in [1.54, 1.807) is 11.8 Å². The molecule has 1 N–H and O–H groups in total. The molecule has 0 aliphatic carbocycles. The van der Waals surface area contributed by atoms with Gasteiger partial charge in [0.15, 0.2) is 0 Å². The Labute approximate surface area is 146 Å². The quantitative estimate of drug-likeness (QED) is 0.921. The van der Waals surface area contributed by atoms with E-state index in [0.29, 0.717) is 37.7 Å². The molecule has 25 heavy (non-hydrogen) atoms. The van der Waals surface area contributed by atoms with Crippen LogP contribution < -0.4 is 10.2 Å². The van der Waals surface area contributed by atoms with Crippen LogP contribution in [-0.4, -0.2) is 52.9 Å². The largest absolute Gasteiger partial charge is 0.339 e. The summed E-state index contributed by atoms with van der Waals surface area (Å²) in [7, 11) is 0. The number of para-hydroxylation sites is 1. The number of amides is 2. The number of nitrogens with zero attached hydrogens (tertiary/aromatic N) is 4. The van der Waals surface area contributed by atoms with Crippen LogP contribution in [0.3, 0.4) is 0 Å². The van der Waals surface area contributed by atoms with Crippen molar-refractivity contribution in [1.82, 2.24) is 14.9 Å². The first-order chi connectivity index (χ1) is 12.0. The van der Waals surface area contributed by atoms with Crippen LogP contribution in [0.15, 0.2) is 36.7 Å². The highest BCUT2D eigenvalue weighted by Gasteiger charge is 2.20. The average molecular weight is 339 g/mol. The summed E-state index contributed by atoms with van der Waals surface area (Å²) in [6, 6.07) is 7.60. The molecule has 0 unspecified atom stereocenters.